The van der Waals surface area contributed by atoms with Crippen LogP contribution in [-0.4, -0.2) is 19.8 Å². The Labute approximate surface area is 133 Å². The predicted octanol–water partition coefficient (Wildman–Crippen LogP) is 4.29. The van der Waals surface area contributed by atoms with Gasteiger partial charge < -0.3 is 10.1 Å². The SMILES string of the molecule is CCOCCCNCc1ccc(-c2ccccc2)cc1.Cl. The van der Waals surface area contributed by atoms with Crippen LogP contribution in [-0.2, 0) is 11.3 Å². The highest BCUT2D eigenvalue weighted by molar-refractivity contribution is 5.85. The molecule has 0 amide bonds. The highest BCUT2D eigenvalue weighted by atomic mass is 35.5. The molecule has 2 aromatic rings. The van der Waals surface area contributed by atoms with E-state index in [4.69, 9.17) is 4.74 Å². The van der Waals surface area contributed by atoms with Crippen molar-refractivity contribution in [3.63, 3.8) is 0 Å². The maximum Gasteiger partial charge on any atom is 0.0477 e. The minimum Gasteiger partial charge on any atom is -0.382 e. The van der Waals surface area contributed by atoms with Crippen molar-refractivity contribution >= 4 is 12.4 Å². The van der Waals surface area contributed by atoms with E-state index >= 15 is 0 Å². The molecule has 114 valence electrons. The first-order valence-corrected chi connectivity index (χ1v) is 7.33. The van der Waals surface area contributed by atoms with Gasteiger partial charge in [0, 0.05) is 19.8 Å². The number of rotatable bonds is 8. The smallest absolute Gasteiger partial charge is 0.0477 e. The maximum absolute atomic E-state index is 5.31. The van der Waals surface area contributed by atoms with Crippen LogP contribution >= 0.6 is 12.4 Å². The first kappa shape index (κ1) is 17.7. The van der Waals surface area contributed by atoms with E-state index in [1.807, 2.05) is 13.0 Å². The molecule has 0 radical (unpaired) electrons. The summed E-state index contributed by atoms with van der Waals surface area (Å²) < 4.78 is 5.31. The van der Waals surface area contributed by atoms with E-state index in [0.717, 1.165) is 32.7 Å². The van der Waals surface area contributed by atoms with Crippen LogP contribution in [0.25, 0.3) is 11.1 Å². The van der Waals surface area contributed by atoms with Gasteiger partial charge in [-0.2, -0.15) is 0 Å². The van der Waals surface area contributed by atoms with Crippen molar-refractivity contribution in [1.82, 2.24) is 5.32 Å². The van der Waals surface area contributed by atoms with Crippen LogP contribution in [0.4, 0.5) is 0 Å². The van der Waals surface area contributed by atoms with Gasteiger partial charge in [-0.05, 0) is 36.6 Å². The summed E-state index contributed by atoms with van der Waals surface area (Å²) in [5.74, 6) is 0. The van der Waals surface area contributed by atoms with Gasteiger partial charge >= 0.3 is 0 Å². The summed E-state index contributed by atoms with van der Waals surface area (Å²) in [4.78, 5) is 0. The molecule has 0 saturated carbocycles. The number of hydrogen-bond acceptors (Lipinski definition) is 2. The Balaban J connectivity index is 0.00000220. The summed E-state index contributed by atoms with van der Waals surface area (Å²) in [5, 5.41) is 3.44. The third-order valence-electron chi connectivity index (χ3n) is 3.24. The molecule has 2 rings (SSSR count). The van der Waals surface area contributed by atoms with Crippen LogP contribution in [0.3, 0.4) is 0 Å². The Morgan fingerprint density at radius 2 is 1.57 bits per heavy atom. The molecular formula is C18H24ClNO. The van der Waals surface area contributed by atoms with Crippen LogP contribution in [0.15, 0.2) is 54.6 Å². The van der Waals surface area contributed by atoms with E-state index in [9.17, 15) is 0 Å². The molecule has 1 N–H and O–H groups in total. The number of nitrogens with one attached hydrogen (secondary N) is 1. The van der Waals surface area contributed by atoms with Gasteiger partial charge in [-0.25, -0.2) is 0 Å². The van der Waals surface area contributed by atoms with Gasteiger partial charge in [0.2, 0.25) is 0 Å². The Bertz CT molecular complexity index is 484. The molecule has 0 heterocycles. The lowest BCUT2D eigenvalue weighted by Crippen LogP contribution is -2.16. The zero-order valence-electron chi connectivity index (χ0n) is 12.5. The van der Waals surface area contributed by atoms with Crippen LogP contribution in [0, 0.1) is 0 Å². The van der Waals surface area contributed by atoms with Gasteiger partial charge in [0.05, 0.1) is 0 Å². The molecule has 0 aromatic heterocycles. The zero-order valence-corrected chi connectivity index (χ0v) is 13.4. The zero-order chi connectivity index (χ0) is 14.0. The molecular weight excluding hydrogens is 282 g/mol. The van der Waals surface area contributed by atoms with Gasteiger partial charge in [0.15, 0.2) is 0 Å². The van der Waals surface area contributed by atoms with Gasteiger partial charge in [-0.1, -0.05) is 54.6 Å². The summed E-state index contributed by atoms with van der Waals surface area (Å²) in [6.45, 7) is 5.60. The second-order valence-electron chi connectivity index (χ2n) is 4.79. The van der Waals surface area contributed by atoms with Gasteiger partial charge in [0.1, 0.15) is 0 Å². The molecule has 2 nitrogen and oxygen atoms in total. The highest BCUT2D eigenvalue weighted by Gasteiger charge is 1.97. The lowest BCUT2D eigenvalue weighted by molar-refractivity contribution is 0.144. The van der Waals surface area contributed by atoms with Crippen LogP contribution < -0.4 is 5.32 Å². The minimum absolute atomic E-state index is 0. The molecule has 0 unspecified atom stereocenters. The normalized spacial score (nSPS) is 10.1. The molecule has 0 fully saturated rings. The number of halogens is 1. The average Bonchev–Trinajstić information content (AvgIpc) is 2.52. The highest BCUT2D eigenvalue weighted by Crippen LogP contribution is 2.19. The van der Waals surface area contributed by atoms with Crippen molar-refractivity contribution in [2.24, 2.45) is 0 Å². The van der Waals surface area contributed by atoms with E-state index in [2.05, 4.69) is 53.8 Å². The standard InChI is InChI=1S/C18H23NO.ClH/c1-2-20-14-6-13-19-15-16-9-11-18(12-10-16)17-7-4-3-5-8-17;/h3-5,7-12,19H,2,6,13-15H2,1H3;1H. The lowest BCUT2D eigenvalue weighted by Gasteiger charge is -2.07. The molecule has 0 aliphatic heterocycles. The molecule has 0 aliphatic rings. The van der Waals surface area contributed by atoms with Crippen molar-refractivity contribution in [1.29, 1.82) is 0 Å². The quantitative estimate of drug-likeness (QED) is 0.735. The van der Waals surface area contributed by atoms with Crippen molar-refractivity contribution in [2.75, 3.05) is 19.8 Å². The van der Waals surface area contributed by atoms with Crippen LogP contribution in [0.2, 0.25) is 0 Å². The average molecular weight is 306 g/mol. The van der Waals surface area contributed by atoms with Gasteiger partial charge in [-0.15, -0.1) is 12.4 Å². The third-order valence-corrected chi connectivity index (χ3v) is 3.24. The number of hydrogen-bond donors (Lipinski definition) is 1. The fourth-order valence-electron chi connectivity index (χ4n) is 2.12. The van der Waals surface area contributed by atoms with E-state index in [-0.39, 0.29) is 12.4 Å². The van der Waals surface area contributed by atoms with Gasteiger partial charge in [-0.3, -0.25) is 0 Å². The van der Waals surface area contributed by atoms with E-state index in [0.29, 0.717) is 0 Å². The largest absolute Gasteiger partial charge is 0.382 e. The van der Waals surface area contributed by atoms with E-state index in [1.165, 1.54) is 16.7 Å². The van der Waals surface area contributed by atoms with E-state index in [1.54, 1.807) is 0 Å². The van der Waals surface area contributed by atoms with Crippen LogP contribution in [0.5, 0.6) is 0 Å². The van der Waals surface area contributed by atoms with Gasteiger partial charge in [0.25, 0.3) is 0 Å². The fraction of sp³-hybridized carbons (Fsp3) is 0.333. The molecule has 3 heteroatoms. The Morgan fingerprint density at radius 3 is 2.24 bits per heavy atom. The van der Waals surface area contributed by atoms with Crippen LogP contribution in [0.1, 0.15) is 18.9 Å². The topological polar surface area (TPSA) is 21.3 Å². The Hall–Kier alpha value is -1.35. The molecule has 0 atom stereocenters. The Kier molecular flexibility index (Phi) is 8.76. The summed E-state index contributed by atoms with van der Waals surface area (Å²) in [6.07, 6.45) is 1.07. The second-order valence-corrected chi connectivity index (χ2v) is 4.79. The predicted molar refractivity (Wildman–Crippen MR) is 91.9 cm³/mol. The fourth-order valence-corrected chi connectivity index (χ4v) is 2.12. The molecule has 0 saturated heterocycles. The monoisotopic (exact) mass is 305 g/mol. The number of ether oxygens (including phenoxy) is 1. The summed E-state index contributed by atoms with van der Waals surface area (Å²) in [6, 6.07) is 19.2. The summed E-state index contributed by atoms with van der Waals surface area (Å²) in [5.41, 5.74) is 3.86. The van der Waals surface area contributed by atoms with Crippen molar-refractivity contribution in [3.8, 4) is 11.1 Å². The maximum atomic E-state index is 5.31. The number of benzene rings is 2. The van der Waals surface area contributed by atoms with Crippen molar-refractivity contribution in [3.05, 3.63) is 60.2 Å². The first-order chi connectivity index (χ1) is 9.90. The third kappa shape index (κ3) is 6.30. The summed E-state index contributed by atoms with van der Waals surface area (Å²) in [7, 11) is 0. The Morgan fingerprint density at radius 1 is 0.905 bits per heavy atom. The van der Waals surface area contributed by atoms with Crippen molar-refractivity contribution < 1.29 is 4.74 Å². The molecule has 21 heavy (non-hydrogen) atoms. The summed E-state index contributed by atoms with van der Waals surface area (Å²) >= 11 is 0. The molecule has 0 aliphatic carbocycles. The second kappa shape index (κ2) is 10.4. The lowest BCUT2D eigenvalue weighted by atomic mass is 10.0. The van der Waals surface area contributed by atoms with E-state index < -0.39 is 0 Å². The first-order valence-electron chi connectivity index (χ1n) is 7.33. The molecule has 0 spiro atoms. The molecule has 0 bridgehead atoms. The van der Waals surface area contributed by atoms with Crippen molar-refractivity contribution in [2.45, 2.75) is 19.9 Å². The molecule has 2 aromatic carbocycles. The minimum atomic E-state index is 0.